The highest BCUT2D eigenvalue weighted by atomic mass is 32.2. The van der Waals surface area contributed by atoms with Crippen LogP contribution in [0.3, 0.4) is 0 Å². The third-order valence-electron chi connectivity index (χ3n) is 5.23. The Bertz CT molecular complexity index is 1020. The van der Waals surface area contributed by atoms with Crippen molar-refractivity contribution >= 4 is 21.8 Å². The zero-order valence-electron chi connectivity index (χ0n) is 19.6. The van der Waals surface area contributed by atoms with E-state index in [0.717, 1.165) is 11.1 Å². The van der Waals surface area contributed by atoms with Crippen molar-refractivity contribution in [3.05, 3.63) is 59.7 Å². The van der Waals surface area contributed by atoms with Crippen LogP contribution in [0.4, 0.5) is 0 Å². The van der Waals surface area contributed by atoms with E-state index >= 15 is 0 Å². The zero-order chi connectivity index (χ0) is 24.4. The van der Waals surface area contributed by atoms with Crippen LogP contribution in [0.5, 0.6) is 5.75 Å². The second-order valence-electron chi connectivity index (χ2n) is 7.59. The number of sulfonamides is 1. The molecule has 0 bridgehead atoms. The molecule has 9 heteroatoms. The number of nitrogens with zero attached hydrogens (tertiary/aromatic N) is 1. The van der Waals surface area contributed by atoms with Gasteiger partial charge in [-0.15, -0.1) is 0 Å². The molecule has 1 atom stereocenters. The Labute approximate surface area is 196 Å². The maximum atomic E-state index is 13.1. The Morgan fingerprint density at radius 1 is 0.970 bits per heavy atom. The number of carbonyl (C=O) groups is 2. The number of aryl methyl sites for hydroxylation is 1. The third-order valence-corrected chi connectivity index (χ3v) is 6.79. The molecule has 0 saturated carbocycles. The lowest BCUT2D eigenvalue weighted by Gasteiger charge is -2.29. The molecule has 33 heavy (non-hydrogen) atoms. The van der Waals surface area contributed by atoms with E-state index in [1.54, 1.807) is 38.0 Å². The molecule has 180 valence electrons. The molecule has 0 saturated heterocycles. The molecular weight excluding hydrogens is 442 g/mol. The highest BCUT2D eigenvalue weighted by Crippen LogP contribution is 2.17. The number of rotatable bonds is 12. The second-order valence-corrected chi connectivity index (χ2v) is 9.35. The van der Waals surface area contributed by atoms with E-state index in [9.17, 15) is 18.0 Å². The maximum absolute atomic E-state index is 13.1. The molecule has 0 aliphatic heterocycles. The summed E-state index contributed by atoms with van der Waals surface area (Å²) in [5.74, 6) is 0.347. The lowest BCUT2D eigenvalue weighted by atomic mass is 10.1. The quantitative estimate of drug-likeness (QED) is 0.491. The van der Waals surface area contributed by atoms with E-state index in [4.69, 9.17) is 4.74 Å². The van der Waals surface area contributed by atoms with Crippen molar-refractivity contribution in [3.8, 4) is 5.75 Å². The van der Waals surface area contributed by atoms with Gasteiger partial charge in [0.25, 0.3) is 0 Å². The monoisotopic (exact) mass is 475 g/mol. The fourth-order valence-electron chi connectivity index (χ4n) is 3.34. The van der Waals surface area contributed by atoms with Gasteiger partial charge in [-0.1, -0.05) is 31.2 Å². The first-order valence-electron chi connectivity index (χ1n) is 11.0. The highest BCUT2D eigenvalue weighted by Gasteiger charge is 2.25. The molecule has 0 aliphatic rings. The van der Waals surface area contributed by atoms with E-state index in [2.05, 4.69) is 10.0 Å². The van der Waals surface area contributed by atoms with E-state index in [0.29, 0.717) is 31.8 Å². The molecule has 2 amide bonds. The summed E-state index contributed by atoms with van der Waals surface area (Å²) in [5, 5.41) is 2.77. The van der Waals surface area contributed by atoms with Gasteiger partial charge in [0.1, 0.15) is 11.8 Å². The number of amides is 2. The van der Waals surface area contributed by atoms with Crippen molar-refractivity contribution in [3.63, 3.8) is 0 Å². The number of carbonyl (C=O) groups excluding carboxylic acids is 2. The zero-order valence-corrected chi connectivity index (χ0v) is 20.4. The van der Waals surface area contributed by atoms with Crippen LogP contribution in [-0.2, 0) is 32.6 Å². The number of hydrogen-bond donors (Lipinski definition) is 2. The SMILES string of the molecule is CCNC(=O)C(C)N(Cc1ccc(OC)cc1)C(=O)CCc1ccc(S(=O)(=O)NCC)cc1. The van der Waals surface area contributed by atoms with Crippen molar-refractivity contribution in [1.82, 2.24) is 14.9 Å². The van der Waals surface area contributed by atoms with Crippen LogP contribution >= 0.6 is 0 Å². The first-order chi connectivity index (χ1) is 15.7. The van der Waals surface area contributed by atoms with Crippen molar-refractivity contribution in [2.24, 2.45) is 0 Å². The minimum atomic E-state index is -3.52. The van der Waals surface area contributed by atoms with Crippen LogP contribution in [0.2, 0.25) is 0 Å². The predicted octanol–water partition coefficient (Wildman–Crippen LogP) is 2.48. The molecule has 0 aliphatic carbocycles. The van der Waals surface area contributed by atoms with Gasteiger partial charge in [-0.2, -0.15) is 0 Å². The van der Waals surface area contributed by atoms with E-state index in [1.165, 1.54) is 12.1 Å². The van der Waals surface area contributed by atoms with Crippen molar-refractivity contribution < 1.29 is 22.7 Å². The van der Waals surface area contributed by atoms with E-state index in [1.807, 2.05) is 31.2 Å². The predicted molar refractivity (Wildman–Crippen MR) is 127 cm³/mol. The summed E-state index contributed by atoms with van der Waals surface area (Å²) in [6.45, 7) is 6.35. The van der Waals surface area contributed by atoms with Gasteiger partial charge in [0.2, 0.25) is 21.8 Å². The molecule has 2 aromatic rings. The van der Waals surface area contributed by atoms with Gasteiger partial charge >= 0.3 is 0 Å². The van der Waals surface area contributed by atoms with Gasteiger partial charge in [-0.25, -0.2) is 13.1 Å². The summed E-state index contributed by atoms with van der Waals surface area (Å²) in [6.07, 6.45) is 0.626. The summed E-state index contributed by atoms with van der Waals surface area (Å²) in [4.78, 5) is 27.3. The molecule has 0 fully saturated rings. The second kappa shape index (κ2) is 12.4. The number of nitrogens with one attached hydrogen (secondary N) is 2. The Morgan fingerprint density at radius 2 is 1.58 bits per heavy atom. The van der Waals surface area contributed by atoms with Crippen molar-refractivity contribution in [1.29, 1.82) is 0 Å². The Balaban J connectivity index is 2.12. The molecule has 2 aromatic carbocycles. The fourth-order valence-corrected chi connectivity index (χ4v) is 4.38. The maximum Gasteiger partial charge on any atom is 0.242 e. The Hall–Kier alpha value is -2.91. The van der Waals surface area contributed by atoms with Crippen LogP contribution < -0.4 is 14.8 Å². The number of likely N-dealkylation sites (N-methyl/N-ethyl adjacent to an activating group) is 1. The fraction of sp³-hybridized carbons (Fsp3) is 0.417. The van der Waals surface area contributed by atoms with Crippen LogP contribution in [0, 0.1) is 0 Å². The molecule has 0 aromatic heterocycles. The molecule has 2 N–H and O–H groups in total. The number of methoxy groups -OCH3 is 1. The minimum absolute atomic E-state index is 0.158. The van der Waals surface area contributed by atoms with E-state index in [-0.39, 0.29) is 23.1 Å². The van der Waals surface area contributed by atoms with Crippen LogP contribution in [0.15, 0.2) is 53.4 Å². The first-order valence-corrected chi connectivity index (χ1v) is 12.5. The highest BCUT2D eigenvalue weighted by molar-refractivity contribution is 7.89. The summed E-state index contributed by atoms with van der Waals surface area (Å²) in [7, 11) is -1.93. The molecule has 1 unspecified atom stereocenters. The molecule has 0 radical (unpaired) electrons. The largest absolute Gasteiger partial charge is 0.497 e. The number of hydrogen-bond acceptors (Lipinski definition) is 5. The minimum Gasteiger partial charge on any atom is -0.497 e. The Morgan fingerprint density at radius 3 is 2.12 bits per heavy atom. The summed E-state index contributed by atoms with van der Waals surface area (Å²) in [5.41, 5.74) is 1.73. The Kier molecular flexibility index (Phi) is 9.87. The first kappa shape index (κ1) is 26.3. The number of ether oxygens (including phenoxy) is 1. The van der Waals surface area contributed by atoms with E-state index < -0.39 is 16.1 Å². The third kappa shape index (κ3) is 7.57. The lowest BCUT2D eigenvalue weighted by Crippen LogP contribution is -2.47. The smallest absolute Gasteiger partial charge is 0.242 e. The van der Waals surface area contributed by atoms with Crippen molar-refractivity contribution in [2.75, 3.05) is 20.2 Å². The van der Waals surface area contributed by atoms with Crippen LogP contribution in [0.25, 0.3) is 0 Å². The van der Waals surface area contributed by atoms with Gasteiger partial charge < -0.3 is 15.0 Å². The lowest BCUT2D eigenvalue weighted by molar-refractivity contribution is -0.140. The van der Waals surface area contributed by atoms with Gasteiger partial charge in [0.05, 0.1) is 12.0 Å². The van der Waals surface area contributed by atoms with Crippen LogP contribution in [0.1, 0.15) is 38.3 Å². The molecule has 0 spiro atoms. The molecule has 0 heterocycles. The number of benzene rings is 2. The molecule has 2 rings (SSSR count). The van der Waals surface area contributed by atoms with Gasteiger partial charge in [0, 0.05) is 26.1 Å². The van der Waals surface area contributed by atoms with Crippen molar-refractivity contribution in [2.45, 2.75) is 51.1 Å². The summed E-state index contributed by atoms with van der Waals surface area (Å²) >= 11 is 0. The van der Waals surface area contributed by atoms with Crippen LogP contribution in [-0.4, -0.2) is 51.4 Å². The summed E-state index contributed by atoms with van der Waals surface area (Å²) in [6, 6.07) is 13.2. The van der Waals surface area contributed by atoms with Gasteiger partial charge in [0.15, 0.2) is 0 Å². The average molecular weight is 476 g/mol. The van der Waals surface area contributed by atoms with Gasteiger partial charge in [-0.05, 0) is 55.7 Å². The molecule has 8 nitrogen and oxygen atoms in total. The summed E-state index contributed by atoms with van der Waals surface area (Å²) < 4.78 is 31.8. The standard InChI is InChI=1S/C24H33N3O5S/c1-5-25-24(29)18(3)27(17-20-7-12-21(32-4)13-8-20)23(28)16-11-19-9-14-22(15-10-19)33(30,31)26-6-2/h7-10,12-15,18,26H,5-6,11,16-17H2,1-4H3,(H,25,29). The van der Waals surface area contributed by atoms with Gasteiger partial charge in [-0.3, -0.25) is 9.59 Å². The normalized spacial score (nSPS) is 12.1. The molecular formula is C24H33N3O5S. The average Bonchev–Trinajstić information content (AvgIpc) is 2.81. The topological polar surface area (TPSA) is 105 Å².